The van der Waals surface area contributed by atoms with Gasteiger partial charge in [-0.2, -0.15) is 0 Å². The smallest absolute Gasteiger partial charge is 0.644 e. The minimum absolute atomic E-state index is 0. The molecular weight excluding hydrogens is 235 g/mol. The summed E-state index contributed by atoms with van der Waals surface area (Å²) in [6, 6.07) is 5.91. The first-order chi connectivity index (χ1) is 6.04. The van der Waals surface area contributed by atoms with Crippen LogP contribution in [0.3, 0.4) is 0 Å². The van der Waals surface area contributed by atoms with Gasteiger partial charge in [0.15, 0.2) is 0 Å². The van der Waals surface area contributed by atoms with Crippen molar-refractivity contribution >= 4 is 20.5 Å². The zero-order valence-electron chi connectivity index (χ0n) is 7.50. The van der Waals surface area contributed by atoms with Gasteiger partial charge in [-0.25, -0.2) is 13.3 Å². The third-order valence-corrected chi connectivity index (χ3v) is 2.83. The second kappa shape index (κ2) is 6.12. The van der Waals surface area contributed by atoms with Gasteiger partial charge in [-0.3, -0.25) is 5.26 Å². The normalized spacial score (nSPS) is 10.7. The molecule has 0 amide bonds. The third-order valence-electron chi connectivity index (χ3n) is 1.42. The third kappa shape index (κ3) is 4.31. The molecule has 0 fully saturated rings. The minimum Gasteiger partial charge on any atom is -0.644 e. The summed E-state index contributed by atoms with van der Waals surface area (Å²) in [5.74, 6) is 0. The van der Waals surface area contributed by atoms with Crippen LogP contribution in [-0.4, -0.2) is 13.7 Å². The van der Waals surface area contributed by atoms with Crippen molar-refractivity contribution in [3.8, 4) is 0 Å². The summed E-state index contributed by atoms with van der Waals surface area (Å²) in [6.45, 7) is -0.0569. The van der Waals surface area contributed by atoms with Crippen LogP contribution in [0.2, 0.25) is 0 Å². The Kier molecular flexibility index (Phi) is 6.31. The van der Waals surface area contributed by atoms with Crippen molar-refractivity contribution in [3.05, 3.63) is 29.8 Å². The molecule has 0 saturated carbocycles. The average Bonchev–Trinajstić information content (AvgIpc) is 2.04. The Balaban J connectivity index is 0.00000169. The van der Waals surface area contributed by atoms with E-state index in [4.69, 9.17) is 5.26 Å². The topological polar surface area (TPSA) is 63.6 Å². The Labute approximate surface area is 109 Å². The molecule has 0 aliphatic heterocycles. The molecule has 0 aliphatic carbocycles. The van der Waals surface area contributed by atoms with Gasteiger partial charge in [-0.15, -0.1) is 0 Å². The van der Waals surface area contributed by atoms with Crippen LogP contribution in [0.5, 0.6) is 0 Å². The van der Waals surface area contributed by atoms with Gasteiger partial charge in [0.1, 0.15) is 6.61 Å². The van der Waals surface area contributed by atoms with Gasteiger partial charge < -0.3 is 11.7 Å². The van der Waals surface area contributed by atoms with Crippen molar-refractivity contribution in [2.45, 2.75) is 11.5 Å². The Morgan fingerprint density at radius 3 is 2.57 bits per heavy atom. The summed E-state index contributed by atoms with van der Waals surface area (Å²) in [5, 5.41) is 8.14. The Morgan fingerprint density at radius 2 is 2.07 bits per heavy atom. The zero-order valence-corrected chi connectivity index (χ0v) is 11.1. The fourth-order valence-corrected chi connectivity index (χ4v) is 1.72. The van der Waals surface area contributed by atoms with Crippen LogP contribution < -0.4 is 29.6 Å². The van der Waals surface area contributed by atoms with Gasteiger partial charge in [0.2, 0.25) is 0 Å². The van der Waals surface area contributed by atoms with E-state index in [9.17, 15) is 8.42 Å². The number of hydrogen-bond acceptors (Lipinski definition) is 5. The maximum atomic E-state index is 10.9. The molecule has 0 aliphatic rings. The van der Waals surface area contributed by atoms with E-state index in [0.29, 0.717) is 5.56 Å². The molecule has 1 aromatic rings. The van der Waals surface area contributed by atoms with Gasteiger partial charge >= 0.3 is 29.6 Å². The quantitative estimate of drug-likeness (QED) is 0.217. The summed E-state index contributed by atoms with van der Waals surface area (Å²) in [6.07, 6.45) is 0. The number of rotatable bonds is 3. The first-order valence-corrected chi connectivity index (χ1v) is 5.76. The predicted molar refractivity (Wildman–Crippen MR) is 48.4 cm³/mol. The first-order valence-electron chi connectivity index (χ1n) is 3.35. The van der Waals surface area contributed by atoms with Gasteiger partial charge in [-0.1, -0.05) is 12.1 Å². The predicted octanol–water partition coefficient (Wildman–Crippen LogP) is -2.08. The molecular formula is C7H7NaO4S2. The van der Waals surface area contributed by atoms with Crippen LogP contribution in [-0.2, 0) is 32.0 Å². The molecule has 1 aromatic carbocycles. The van der Waals surface area contributed by atoms with Gasteiger partial charge in [0.25, 0.3) is 0 Å². The van der Waals surface area contributed by atoms with E-state index in [2.05, 4.69) is 16.5 Å². The maximum absolute atomic E-state index is 10.9. The molecule has 14 heavy (non-hydrogen) atoms. The number of benzene rings is 1. The largest absolute Gasteiger partial charge is 1.00 e. The second-order valence-corrected chi connectivity index (χ2v) is 5.07. The van der Waals surface area contributed by atoms with E-state index in [0.717, 1.165) is 0 Å². The van der Waals surface area contributed by atoms with Crippen molar-refractivity contribution in [1.82, 2.24) is 0 Å². The molecule has 0 heterocycles. The van der Waals surface area contributed by atoms with Gasteiger partial charge in [0.05, 0.1) is 8.87 Å². The second-order valence-electron chi connectivity index (χ2n) is 2.37. The molecule has 1 N–H and O–H groups in total. The molecule has 0 radical (unpaired) electrons. The molecule has 0 spiro atoms. The van der Waals surface area contributed by atoms with E-state index in [-0.39, 0.29) is 41.1 Å². The molecule has 4 nitrogen and oxygen atoms in total. The Hall–Kier alpha value is 0.440. The standard InChI is InChI=1S/C7H8O4S2.Na/c8-11-5-6-2-1-3-7(4-6)13(9,10)12;/h1-4,8H,5H2,(H,9,10,12);/q;+1/p-1. The number of hydrogen-bond donors (Lipinski definition) is 1. The molecule has 0 saturated heterocycles. The minimum atomic E-state index is -3.60. The molecule has 1 rings (SSSR count). The summed E-state index contributed by atoms with van der Waals surface area (Å²) < 4.78 is 21.8. The van der Waals surface area contributed by atoms with Crippen molar-refractivity contribution in [2.24, 2.45) is 0 Å². The van der Waals surface area contributed by atoms with Crippen LogP contribution >= 0.6 is 0 Å². The maximum Gasteiger partial charge on any atom is 1.00 e. The van der Waals surface area contributed by atoms with Crippen LogP contribution in [0.25, 0.3) is 0 Å². The van der Waals surface area contributed by atoms with Crippen molar-refractivity contribution in [1.29, 1.82) is 0 Å². The zero-order chi connectivity index (χ0) is 9.90. The van der Waals surface area contributed by atoms with Gasteiger partial charge in [-0.05, 0) is 17.7 Å². The first kappa shape index (κ1) is 14.4. The molecule has 7 heteroatoms. The van der Waals surface area contributed by atoms with Crippen LogP contribution in [0, 0.1) is 0 Å². The summed E-state index contributed by atoms with van der Waals surface area (Å²) in [4.78, 5) is 3.91. The van der Waals surface area contributed by atoms with Crippen molar-refractivity contribution < 1.29 is 48.1 Å². The molecule has 0 bridgehead atoms. The summed E-state index contributed by atoms with van der Waals surface area (Å²) >= 11 is 4.26. The van der Waals surface area contributed by atoms with E-state index < -0.39 is 8.87 Å². The van der Waals surface area contributed by atoms with E-state index in [1.54, 1.807) is 6.07 Å². The average molecular weight is 242 g/mol. The van der Waals surface area contributed by atoms with Crippen molar-refractivity contribution in [2.75, 3.05) is 0 Å². The van der Waals surface area contributed by atoms with Gasteiger partial charge in [0, 0.05) is 4.90 Å². The molecule has 0 atom stereocenters. The molecule has 0 unspecified atom stereocenters. The van der Waals surface area contributed by atoms with Crippen LogP contribution in [0.1, 0.15) is 5.56 Å². The summed E-state index contributed by atoms with van der Waals surface area (Å²) in [5.41, 5.74) is 0.549. The van der Waals surface area contributed by atoms with E-state index >= 15 is 0 Å². The van der Waals surface area contributed by atoms with E-state index in [1.165, 1.54) is 18.2 Å². The van der Waals surface area contributed by atoms with Crippen LogP contribution in [0.4, 0.5) is 0 Å². The monoisotopic (exact) mass is 242 g/mol. The van der Waals surface area contributed by atoms with E-state index in [1.807, 2.05) is 0 Å². The summed E-state index contributed by atoms with van der Waals surface area (Å²) in [7, 11) is -3.60. The fourth-order valence-electron chi connectivity index (χ4n) is 0.865. The molecule has 72 valence electrons. The van der Waals surface area contributed by atoms with Crippen molar-refractivity contribution in [3.63, 3.8) is 0 Å². The fraction of sp³-hybridized carbons (Fsp3) is 0.143. The Bertz CT molecular complexity index is 390. The Morgan fingerprint density at radius 1 is 1.43 bits per heavy atom. The molecule has 0 aromatic heterocycles. The van der Waals surface area contributed by atoms with Crippen LogP contribution in [0.15, 0.2) is 29.2 Å². The SMILES string of the molecule is O=S(=O)([S-])c1cccc(COO)c1.[Na+].